The van der Waals surface area contributed by atoms with Crippen LogP contribution in [0.4, 0.5) is 0 Å². The third kappa shape index (κ3) is 3.65. The third-order valence-corrected chi connectivity index (χ3v) is 12.9. The average Bonchev–Trinajstić information content (AvgIpc) is 3.99. The van der Waals surface area contributed by atoms with E-state index in [0.29, 0.717) is 6.61 Å². The molecule has 1 unspecified atom stereocenters. The molecule has 0 saturated carbocycles. The van der Waals surface area contributed by atoms with Gasteiger partial charge in [0.1, 0.15) is 16.9 Å². The molecule has 9 aromatic carbocycles. The van der Waals surface area contributed by atoms with Crippen molar-refractivity contribution < 1.29 is 9.15 Å². The lowest BCUT2D eigenvalue weighted by Crippen LogP contribution is -2.25. The largest absolute Gasteiger partial charge is 0.492 e. The molecule has 0 radical (unpaired) electrons. The standard InChI is InChI=1S/C53H32O2/c1-3-18-38-36(16-1)49(37-17-2-4-19-39(37)50(38)42-30-54-47-24-12-8-15-34(42)47)31-25-26-35-40-27-28-46-51(52(40)55-48(35)29-31)41-20-7-11-23-45(41)53(46)43-21-9-5-13-32(43)33-14-6-10-22-44(33)53/h1-29,42H,30H2. The van der Waals surface area contributed by atoms with Crippen molar-refractivity contribution in [1.29, 1.82) is 0 Å². The molecule has 0 fully saturated rings. The summed E-state index contributed by atoms with van der Waals surface area (Å²) in [6.45, 7) is 0.642. The quantitative estimate of drug-likeness (QED) is 0.168. The number of furan rings is 1. The molecule has 0 amide bonds. The van der Waals surface area contributed by atoms with E-state index in [1.54, 1.807) is 0 Å². The Bertz CT molecular complexity index is 3190. The zero-order chi connectivity index (χ0) is 35.8. The maximum Gasteiger partial charge on any atom is 0.143 e. The number of hydrogen-bond donors (Lipinski definition) is 0. The minimum atomic E-state index is -0.401. The molecule has 2 heteroatoms. The van der Waals surface area contributed by atoms with Gasteiger partial charge in [-0.15, -0.1) is 0 Å². The first-order valence-electron chi connectivity index (χ1n) is 19.2. The van der Waals surface area contributed by atoms with E-state index in [0.717, 1.165) is 33.3 Å². The molecule has 256 valence electrons. The van der Waals surface area contributed by atoms with Gasteiger partial charge in [-0.2, -0.15) is 0 Å². The summed E-state index contributed by atoms with van der Waals surface area (Å²) in [6.07, 6.45) is 0. The molecule has 0 N–H and O–H groups in total. The number of benzene rings is 9. The molecule has 1 atom stereocenters. The zero-order valence-electron chi connectivity index (χ0n) is 29.8. The first kappa shape index (κ1) is 29.5. The van der Waals surface area contributed by atoms with E-state index in [9.17, 15) is 0 Å². The summed E-state index contributed by atoms with van der Waals surface area (Å²) in [5.41, 5.74) is 16.8. The van der Waals surface area contributed by atoms with E-state index in [1.807, 2.05) is 0 Å². The van der Waals surface area contributed by atoms with Gasteiger partial charge < -0.3 is 9.15 Å². The second-order valence-electron chi connectivity index (χ2n) is 15.3. The van der Waals surface area contributed by atoms with Crippen molar-refractivity contribution in [2.24, 2.45) is 0 Å². The number of rotatable bonds is 2. The fourth-order valence-electron chi connectivity index (χ4n) is 10.8. The van der Waals surface area contributed by atoms with Crippen LogP contribution in [0.25, 0.3) is 76.9 Å². The highest BCUT2D eigenvalue weighted by Crippen LogP contribution is 2.64. The van der Waals surface area contributed by atoms with Crippen molar-refractivity contribution in [1.82, 2.24) is 0 Å². The zero-order valence-corrected chi connectivity index (χ0v) is 29.8. The van der Waals surface area contributed by atoms with Crippen LogP contribution in [-0.4, -0.2) is 6.61 Å². The summed E-state index contributed by atoms with van der Waals surface area (Å²) in [4.78, 5) is 0. The van der Waals surface area contributed by atoms with Gasteiger partial charge in [0.15, 0.2) is 0 Å². The predicted octanol–water partition coefficient (Wildman–Crippen LogP) is 13.4. The Kier molecular flexibility index (Phi) is 5.70. The van der Waals surface area contributed by atoms with Gasteiger partial charge in [-0.3, -0.25) is 0 Å². The van der Waals surface area contributed by atoms with Crippen LogP contribution in [0.3, 0.4) is 0 Å². The molecule has 2 nitrogen and oxygen atoms in total. The monoisotopic (exact) mass is 700 g/mol. The van der Waals surface area contributed by atoms with E-state index < -0.39 is 5.41 Å². The Morgan fingerprint density at radius 2 is 1.00 bits per heavy atom. The van der Waals surface area contributed by atoms with Crippen LogP contribution < -0.4 is 4.74 Å². The fourth-order valence-corrected chi connectivity index (χ4v) is 10.8. The predicted molar refractivity (Wildman–Crippen MR) is 224 cm³/mol. The van der Waals surface area contributed by atoms with Crippen LogP contribution in [-0.2, 0) is 5.41 Å². The van der Waals surface area contributed by atoms with Crippen molar-refractivity contribution in [3.63, 3.8) is 0 Å². The molecule has 10 aromatic rings. The fraction of sp³-hybridized carbons (Fsp3) is 0.0566. The Balaban J connectivity index is 1.06. The second kappa shape index (κ2) is 10.6. The molecule has 0 saturated heterocycles. The van der Waals surface area contributed by atoms with E-state index in [1.165, 1.54) is 82.7 Å². The highest BCUT2D eigenvalue weighted by molar-refractivity contribution is 6.18. The minimum absolute atomic E-state index is 0.157. The Morgan fingerprint density at radius 3 is 1.71 bits per heavy atom. The van der Waals surface area contributed by atoms with E-state index in [-0.39, 0.29) is 5.92 Å². The lowest BCUT2D eigenvalue weighted by molar-refractivity contribution is 0.344. The Hall–Kier alpha value is -6.90. The van der Waals surface area contributed by atoms with E-state index in [2.05, 4.69) is 176 Å². The summed E-state index contributed by atoms with van der Waals surface area (Å²) in [5, 5.41) is 7.30. The number of fused-ring (bicyclic) bond motifs is 17. The number of ether oxygens (including phenoxy) is 1. The van der Waals surface area contributed by atoms with Crippen LogP contribution in [0.15, 0.2) is 180 Å². The number of hydrogen-bond acceptors (Lipinski definition) is 2. The Morgan fingerprint density at radius 1 is 0.436 bits per heavy atom. The van der Waals surface area contributed by atoms with Crippen LogP contribution in [0.1, 0.15) is 39.3 Å². The lowest BCUT2D eigenvalue weighted by Gasteiger charge is -2.30. The molecule has 55 heavy (non-hydrogen) atoms. The van der Waals surface area contributed by atoms with Gasteiger partial charge >= 0.3 is 0 Å². The van der Waals surface area contributed by atoms with E-state index in [4.69, 9.17) is 9.15 Å². The first-order chi connectivity index (χ1) is 27.3. The normalized spacial score (nSPS) is 15.7. The summed E-state index contributed by atoms with van der Waals surface area (Å²) in [7, 11) is 0. The summed E-state index contributed by atoms with van der Waals surface area (Å²) in [5.74, 6) is 1.14. The molecule has 1 aliphatic heterocycles. The van der Waals surface area contributed by atoms with Crippen LogP contribution >= 0.6 is 0 Å². The van der Waals surface area contributed by atoms with Gasteiger partial charge in [0, 0.05) is 27.8 Å². The molecular formula is C53H32O2. The van der Waals surface area contributed by atoms with Crippen LogP contribution in [0.2, 0.25) is 0 Å². The third-order valence-electron chi connectivity index (χ3n) is 12.9. The van der Waals surface area contributed by atoms with Gasteiger partial charge in [0.2, 0.25) is 0 Å². The molecule has 2 aliphatic carbocycles. The second-order valence-corrected chi connectivity index (χ2v) is 15.3. The summed E-state index contributed by atoms with van der Waals surface area (Å²) >= 11 is 0. The minimum Gasteiger partial charge on any atom is -0.492 e. The first-order valence-corrected chi connectivity index (χ1v) is 19.2. The summed E-state index contributed by atoms with van der Waals surface area (Å²) < 4.78 is 13.4. The van der Waals surface area contributed by atoms with Gasteiger partial charge in [0.25, 0.3) is 0 Å². The smallest absolute Gasteiger partial charge is 0.143 e. The maximum atomic E-state index is 7.14. The molecule has 13 rings (SSSR count). The van der Waals surface area contributed by atoms with Crippen molar-refractivity contribution in [3.8, 4) is 39.1 Å². The van der Waals surface area contributed by atoms with Crippen molar-refractivity contribution in [2.75, 3.05) is 6.61 Å². The Labute approximate surface area is 317 Å². The molecule has 1 aromatic heterocycles. The van der Waals surface area contributed by atoms with Crippen molar-refractivity contribution in [2.45, 2.75) is 11.3 Å². The number of para-hydroxylation sites is 1. The highest BCUT2D eigenvalue weighted by atomic mass is 16.5. The van der Waals surface area contributed by atoms with Crippen molar-refractivity contribution >= 4 is 43.5 Å². The highest BCUT2D eigenvalue weighted by Gasteiger charge is 2.52. The molecular weight excluding hydrogens is 669 g/mol. The van der Waals surface area contributed by atoms with Crippen LogP contribution in [0.5, 0.6) is 5.75 Å². The molecule has 1 spiro atoms. The summed E-state index contributed by atoms with van der Waals surface area (Å²) in [6, 6.07) is 64.8. The lowest BCUT2D eigenvalue weighted by atomic mass is 9.70. The average molecular weight is 701 g/mol. The van der Waals surface area contributed by atoms with Gasteiger partial charge in [-0.05, 0) is 95.4 Å². The molecule has 3 aliphatic rings. The SMILES string of the molecule is c1ccc2c(c1)OCC2c1c2ccccc2c(-c2ccc3c(c2)oc2c4c(ccc23)C2(c3ccccc3-c3ccccc32)c2ccccc2-4)c2ccccc12. The van der Waals surface area contributed by atoms with Crippen LogP contribution in [0, 0.1) is 0 Å². The van der Waals surface area contributed by atoms with Gasteiger partial charge in [0.05, 0.1) is 12.0 Å². The van der Waals surface area contributed by atoms with E-state index >= 15 is 0 Å². The van der Waals surface area contributed by atoms with Gasteiger partial charge in [-0.1, -0.05) is 158 Å². The van der Waals surface area contributed by atoms with Crippen molar-refractivity contribution in [3.05, 3.63) is 209 Å². The maximum absolute atomic E-state index is 7.14. The molecule has 0 bridgehead atoms. The topological polar surface area (TPSA) is 22.4 Å². The molecule has 2 heterocycles. The van der Waals surface area contributed by atoms with Gasteiger partial charge in [-0.25, -0.2) is 0 Å².